The molecule has 28 heavy (non-hydrogen) atoms. The SMILES string of the molecule is O=C1C(=O)N(c2ccc(O)cc2)C(c2ccccc2)/C1=C(\O)c1ccccc1. The lowest BCUT2D eigenvalue weighted by molar-refractivity contribution is -0.132. The van der Waals surface area contributed by atoms with Gasteiger partial charge in [0.05, 0.1) is 11.6 Å². The highest BCUT2D eigenvalue weighted by molar-refractivity contribution is 6.51. The van der Waals surface area contributed by atoms with Gasteiger partial charge in [0.25, 0.3) is 11.7 Å². The predicted octanol–water partition coefficient (Wildman–Crippen LogP) is 4.02. The van der Waals surface area contributed by atoms with Crippen molar-refractivity contribution in [1.82, 2.24) is 0 Å². The monoisotopic (exact) mass is 371 g/mol. The van der Waals surface area contributed by atoms with Gasteiger partial charge in [-0.15, -0.1) is 0 Å². The number of carbonyl (C=O) groups excluding carboxylic acids is 2. The van der Waals surface area contributed by atoms with Crippen molar-refractivity contribution in [2.45, 2.75) is 6.04 Å². The molecule has 1 amide bonds. The maximum Gasteiger partial charge on any atom is 0.300 e. The minimum absolute atomic E-state index is 0.0375. The van der Waals surface area contributed by atoms with Crippen LogP contribution < -0.4 is 4.90 Å². The molecule has 0 bridgehead atoms. The molecule has 0 spiro atoms. The molecule has 2 N–H and O–H groups in total. The fraction of sp³-hybridized carbons (Fsp3) is 0.0435. The lowest BCUT2D eigenvalue weighted by Crippen LogP contribution is -2.29. The quantitative estimate of drug-likeness (QED) is 0.414. The van der Waals surface area contributed by atoms with E-state index in [1.165, 1.54) is 17.0 Å². The Hall–Kier alpha value is -3.86. The van der Waals surface area contributed by atoms with Crippen LogP contribution in [-0.2, 0) is 9.59 Å². The molecule has 5 heteroatoms. The highest BCUT2D eigenvalue weighted by atomic mass is 16.3. The molecule has 1 unspecified atom stereocenters. The molecule has 0 radical (unpaired) electrons. The molecular weight excluding hydrogens is 354 g/mol. The van der Waals surface area contributed by atoms with Crippen molar-refractivity contribution in [1.29, 1.82) is 0 Å². The Balaban J connectivity index is 1.94. The fourth-order valence-corrected chi connectivity index (χ4v) is 3.41. The number of aromatic hydroxyl groups is 1. The molecule has 5 nitrogen and oxygen atoms in total. The van der Waals surface area contributed by atoms with Gasteiger partial charge >= 0.3 is 0 Å². The summed E-state index contributed by atoms with van der Waals surface area (Å²) < 4.78 is 0. The number of ketones is 1. The van der Waals surface area contributed by atoms with Crippen molar-refractivity contribution in [3.63, 3.8) is 0 Å². The number of hydrogen-bond donors (Lipinski definition) is 2. The molecule has 4 rings (SSSR count). The van der Waals surface area contributed by atoms with Crippen molar-refractivity contribution in [2.24, 2.45) is 0 Å². The first kappa shape index (κ1) is 17.5. The summed E-state index contributed by atoms with van der Waals surface area (Å²) in [4.78, 5) is 27.1. The largest absolute Gasteiger partial charge is 0.508 e. The number of Topliss-reactive ketones (excluding diaryl/α,β-unsaturated/α-hetero) is 1. The molecule has 1 saturated heterocycles. The average molecular weight is 371 g/mol. The molecule has 3 aromatic carbocycles. The minimum Gasteiger partial charge on any atom is -0.508 e. The van der Waals surface area contributed by atoms with Crippen molar-refractivity contribution in [3.8, 4) is 5.75 Å². The van der Waals surface area contributed by atoms with E-state index in [-0.39, 0.29) is 17.1 Å². The van der Waals surface area contributed by atoms with E-state index in [9.17, 15) is 19.8 Å². The van der Waals surface area contributed by atoms with E-state index in [4.69, 9.17) is 0 Å². The number of amides is 1. The van der Waals surface area contributed by atoms with Gasteiger partial charge in [-0.25, -0.2) is 0 Å². The van der Waals surface area contributed by atoms with Gasteiger partial charge < -0.3 is 10.2 Å². The zero-order valence-electron chi connectivity index (χ0n) is 14.8. The van der Waals surface area contributed by atoms with Crippen LogP contribution >= 0.6 is 0 Å². The molecule has 1 aliphatic heterocycles. The number of nitrogens with zero attached hydrogens (tertiary/aromatic N) is 1. The maximum atomic E-state index is 12.9. The van der Waals surface area contributed by atoms with Crippen LogP contribution in [0.25, 0.3) is 5.76 Å². The van der Waals surface area contributed by atoms with Crippen LogP contribution in [0, 0.1) is 0 Å². The van der Waals surface area contributed by atoms with Crippen molar-refractivity contribution < 1.29 is 19.8 Å². The Morgan fingerprint density at radius 3 is 1.96 bits per heavy atom. The number of anilines is 1. The highest BCUT2D eigenvalue weighted by Crippen LogP contribution is 2.42. The van der Waals surface area contributed by atoms with Gasteiger partial charge in [-0.1, -0.05) is 60.7 Å². The highest BCUT2D eigenvalue weighted by Gasteiger charge is 2.46. The van der Waals surface area contributed by atoms with E-state index in [0.29, 0.717) is 16.8 Å². The first-order valence-corrected chi connectivity index (χ1v) is 8.78. The Morgan fingerprint density at radius 1 is 0.786 bits per heavy atom. The number of benzene rings is 3. The van der Waals surface area contributed by atoms with Gasteiger partial charge in [0.2, 0.25) is 0 Å². The standard InChI is InChI=1S/C23H17NO4/c25-18-13-11-17(12-14-18)24-20(15-7-3-1-4-8-15)19(22(27)23(24)28)21(26)16-9-5-2-6-10-16/h1-14,20,25-26H/b21-19+. The van der Waals surface area contributed by atoms with Gasteiger partial charge in [-0.2, -0.15) is 0 Å². The van der Waals surface area contributed by atoms with Crippen molar-refractivity contribution in [3.05, 3.63) is 102 Å². The first-order valence-electron chi connectivity index (χ1n) is 8.78. The maximum absolute atomic E-state index is 12.9. The van der Waals surface area contributed by atoms with Crippen LogP contribution in [0.4, 0.5) is 5.69 Å². The third-order valence-corrected chi connectivity index (χ3v) is 4.73. The number of aliphatic hydroxyl groups excluding tert-OH is 1. The second kappa shape index (κ2) is 7.04. The second-order valence-electron chi connectivity index (χ2n) is 6.46. The molecule has 1 heterocycles. The molecule has 0 aromatic heterocycles. The number of phenols is 1. The Kier molecular flexibility index (Phi) is 4.41. The van der Waals surface area contributed by atoms with Crippen LogP contribution in [0.2, 0.25) is 0 Å². The molecule has 1 atom stereocenters. The lowest BCUT2D eigenvalue weighted by atomic mass is 9.95. The third kappa shape index (κ3) is 2.93. The number of hydrogen-bond acceptors (Lipinski definition) is 4. The third-order valence-electron chi connectivity index (χ3n) is 4.73. The molecule has 0 saturated carbocycles. The van der Waals surface area contributed by atoms with Crippen LogP contribution in [0.1, 0.15) is 17.2 Å². The van der Waals surface area contributed by atoms with E-state index in [2.05, 4.69) is 0 Å². The summed E-state index contributed by atoms with van der Waals surface area (Å²) in [5.41, 5.74) is 1.66. The molecule has 1 aliphatic rings. The summed E-state index contributed by atoms with van der Waals surface area (Å²) >= 11 is 0. The van der Waals surface area contributed by atoms with Gasteiger partial charge in [-0.3, -0.25) is 14.5 Å². The van der Waals surface area contributed by atoms with Gasteiger partial charge in [-0.05, 0) is 29.8 Å². The summed E-state index contributed by atoms with van der Waals surface area (Å²) in [6, 6.07) is 23.0. The average Bonchev–Trinajstić information content (AvgIpc) is 3.00. The van der Waals surface area contributed by atoms with E-state index in [1.54, 1.807) is 42.5 Å². The van der Waals surface area contributed by atoms with Gasteiger partial charge in [0, 0.05) is 11.3 Å². The zero-order chi connectivity index (χ0) is 19.7. The Labute approximate surface area is 161 Å². The Bertz CT molecular complexity index is 1060. The Morgan fingerprint density at radius 2 is 1.36 bits per heavy atom. The molecule has 0 aliphatic carbocycles. The van der Waals surface area contributed by atoms with Gasteiger partial charge in [0.1, 0.15) is 11.5 Å². The number of rotatable bonds is 3. The molecule has 3 aromatic rings. The van der Waals surface area contributed by atoms with Gasteiger partial charge in [0.15, 0.2) is 0 Å². The van der Waals surface area contributed by atoms with Crippen LogP contribution in [0.3, 0.4) is 0 Å². The molecular formula is C23H17NO4. The van der Waals surface area contributed by atoms with Crippen molar-refractivity contribution in [2.75, 3.05) is 4.90 Å². The zero-order valence-corrected chi connectivity index (χ0v) is 14.8. The summed E-state index contributed by atoms with van der Waals surface area (Å²) in [7, 11) is 0. The predicted molar refractivity (Wildman–Crippen MR) is 106 cm³/mol. The smallest absolute Gasteiger partial charge is 0.300 e. The number of aliphatic hydroxyl groups is 1. The normalized spacial score (nSPS) is 18.4. The lowest BCUT2D eigenvalue weighted by Gasteiger charge is -2.25. The topological polar surface area (TPSA) is 77.8 Å². The van der Waals surface area contributed by atoms with E-state index >= 15 is 0 Å². The number of phenolic OH excluding ortho intramolecular Hbond substituents is 1. The van der Waals surface area contributed by atoms with Crippen molar-refractivity contribution >= 4 is 23.1 Å². The molecule has 138 valence electrons. The van der Waals surface area contributed by atoms with Crippen LogP contribution in [0.5, 0.6) is 5.75 Å². The van der Waals surface area contributed by atoms with E-state index < -0.39 is 17.7 Å². The van der Waals surface area contributed by atoms with E-state index in [1.807, 2.05) is 30.3 Å². The van der Waals surface area contributed by atoms with Crippen LogP contribution in [0.15, 0.2) is 90.5 Å². The first-order chi connectivity index (χ1) is 13.6. The summed E-state index contributed by atoms with van der Waals surface area (Å²) in [5, 5.41) is 20.5. The van der Waals surface area contributed by atoms with Crippen LogP contribution in [-0.4, -0.2) is 21.9 Å². The second-order valence-corrected chi connectivity index (χ2v) is 6.46. The summed E-state index contributed by atoms with van der Waals surface area (Å²) in [6.07, 6.45) is 0. The fourth-order valence-electron chi connectivity index (χ4n) is 3.41. The minimum atomic E-state index is -0.772. The summed E-state index contributed by atoms with van der Waals surface area (Å²) in [5.74, 6) is -1.63. The summed E-state index contributed by atoms with van der Waals surface area (Å²) in [6.45, 7) is 0. The number of carbonyl (C=O) groups is 2. The van der Waals surface area contributed by atoms with E-state index in [0.717, 1.165) is 0 Å². The molecule has 1 fully saturated rings.